The van der Waals surface area contributed by atoms with Crippen molar-refractivity contribution in [1.29, 1.82) is 0 Å². The topological polar surface area (TPSA) is 102 Å². The fourth-order valence-electron chi connectivity index (χ4n) is 4.51. The average Bonchev–Trinajstić information content (AvgIpc) is 3.21. The van der Waals surface area contributed by atoms with Crippen molar-refractivity contribution in [2.75, 3.05) is 13.1 Å². The first-order valence-corrected chi connectivity index (χ1v) is 10.7. The first-order valence-electron chi connectivity index (χ1n) is 10.7. The number of carbonyl (C=O) groups is 1. The number of nitrogens with one attached hydrogen (secondary N) is 2. The van der Waals surface area contributed by atoms with E-state index in [9.17, 15) is 9.59 Å². The van der Waals surface area contributed by atoms with Crippen molar-refractivity contribution in [2.45, 2.75) is 70.4 Å². The van der Waals surface area contributed by atoms with Gasteiger partial charge in [-0.15, -0.1) is 35.0 Å². The number of piperidine rings is 1. The minimum absolute atomic E-state index is 0. The molecular formula is C21H31Cl2N5O3. The SMILES string of the molecule is Cc1cc(C2CCCNC2)oc(=O)c1C(=O)NCc1nncn1C1CCCCC1.Cl.Cl. The van der Waals surface area contributed by atoms with E-state index in [0.29, 0.717) is 17.4 Å². The second kappa shape index (κ2) is 11.6. The molecule has 10 heteroatoms. The normalized spacial score (nSPS) is 19.2. The Bertz CT molecular complexity index is 918. The van der Waals surface area contributed by atoms with Crippen LogP contribution in [-0.2, 0) is 6.54 Å². The average molecular weight is 472 g/mol. The molecule has 1 aliphatic heterocycles. The Hall–Kier alpha value is -1.90. The lowest BCUT2D eigenvalue weighted by atomic mass is 9.95. The van der Waals surface area contributed by atoms with E-state index >= 15 is 0 Å². The van der Waals surface area contributed by atoms with Crippen molar-refractivity contribution >= 4 is 30.7 Å². The first-order chi connectivity index (χ1) is 14.1. The number of aryl methyl sites for hydroxylation is 1. The summed E-state index contributed by atoms with van der Waals surface area (Å²) in [6, 6.07) is 2.22. The number of rotatable bonds is 5. The summed E-state index contributed by atoms with van der Waals surface area (Å²) < 4.78 is 7.58. The standard InChI is InChI=1S/C21H29N5O3.2ClH/c1-14-10-17(15-6-5-9-22-11-15)29-21(28)19(14)20(27)23-12-18-25-24-13-26(18)16-7-3-2-4-8-16;;/h10,13,15-16,22H,2-9,11-12H2,1H3,(H,23,27);2*1H. The van der Waals surface area contributed by atoms with Gasteiger partial charge in [0.2, 0.25) is 0 Å². The van der Waals surface area contributed by atoms with Crippen LogP contribution in [0.15, 0.2) is 21.6 Å². The second-order valence-corrected chi connectivity index (χ2v) is 8.17. The van der Waals surface area contributed by atoms with Crippen LogP contribution in [0.25, 0.3) is 0 Å². The largest absolute Gasteiger partial charge is 0.427 e. The highest BCUT2D eigenvalue weighted by atomic mass is 35.5. The Labute approximate surface area is 194 Å². The number of nitrogens with zero attached hydrogens (tertiary/aromatic N) is 3. The van der Waals surface area contributed by atoms with E-state index in [1.54, 1.807) is 13.3 Å². The minimum Gasteiger partial charge on any atom is -0.427 e. The molecule has 4 rings (SSSR count). The van der Waals surface area contributed by atoms with Gasteiger partial charge in [0.05, 0.1) is 6.54 Å². The molecule has 3 heterocycles. The molecule has 8 nitrogen and oxygen atoms in total. The van der Waals surface area contributed by atoms with Gasteiger partial charge in [-0.3, -0.25) is 4.79 Å². The second-order valence-electron chi connectivity index (χ2n) is 8.17. The number of carbonyl (C=O) groups excluding carboxylic acids is 1. The van der Waals surface area contributed by atoms with Gasteiger partial charge < -0.3 is 19.6 Å². The molecule has 1 saturated heterocycles. The van der Waals surface area contributed by atoms with E-state index in [4.69, 9.17) is 4.42 Å². The predicted octanol–water partition coefficient (Wildman–Crippen LogP) is 3.29. The lowest BCUT2D eigenvalue weighted by Crippen LogP contribution is -2.32. The van der Waals surface area contributed by atoms with Crippen molar-refractivity contribution in [2.24, 2.45) is 0 Å². The Morgan fingerprint density at radius 1 is 1.23 bits per heavy atom. The Balaban J connectivity index is 0.00000171. The third-order valence-electron chi connectivity index (χ3n) is 6.12. The van der Waals surface area contributed by atoms with E-state index in [1.807, 2.05) is 6.07 Å². The summed E-state index contributed by atoms with van der Waals surface area (Å²) in [6.45, 7) is 3.81. The van der Waals surface area contributed by atoms with Gasteiger partial charge in [0.1, 0.15) is 17.7 Å². The van der Waals surface area contributed by atoms with Crippen LogP contribution in [0.5, 0.6) is 0 Å². The maximum atomic E-state index is 12.7. The zero-order valence-corrected chi connectivity index (χ0v) is 19.4. The fourth-order valence-corrected chi connectivity index (χ4v) is 4.51. The molecule has 1 atom stereocenters. The maximum absolute atomic E-state index is 12.7. The van der Waals surface area contributed by atoms with Gasteiger partial charge in [0, 0.05) is 18.5 Å². The summed E-state index contributed by atoms with van der Waals surface area (Å²) in [4.78, 5) is 25.3. The van der Waals surface area contributed by atoms with Gasteiger partial charge in [0.15, 0.2) is 5.82 Å². The monoisotopic (exact) mass is 471 g/mol. The summed E-state index contributed by atoms with van der Waals surface area (Å²) in [5.41, 5.74) is 0.145. The Morgan fingerprint density at radius 2 is 2.00 bits per heavy atom. The molecule has 2 aliphatic rings. The van der Waals surface area contributed by atoms with Crippen LogP contribution in [0.4, 0.5) is 0 Å². The van der Waals surface area contributed by atoms with E-state index in [1.165, 1.54) is 19.3 Å². The van der Waals surface area contributed by atoms with Gasteiger partial charge >= 0.3 is 5.63 Å². The third kappa shape index (κ3) is 5.87. The predicted molar refractivity (Wildman–Crippen MR) is 122 cm³/mol. The maximum Gasteiger partial charge on any atom is 0.349 e. The molecule has 2 aromatic heterocycles. The van der Waals surface area contributed by atoms with E-state index in [2.05, 4.69) is 25.4 Å². The quantitative estimate of drug-likeness (QED) is 0.693. The molecule has 1 amide bonds. The highest BCUT2D eigenvalue weighted by Gasteiger charge is 2.23. The van der Waals surface area contributed by atoms with Gasteiger partial charge in [-0.1, -0.05) is 19.3 Å². The van der Waals surface area contributed by atoms with E-state index in [0.717, 1.165) is 44.6 Å². The zero-order valence-electron chi connectivity index (χ0n) is 17.8. The van der Waals surface area contributed by atoms with Crippen molar-refractivity contribution in [3.05, 3.63) is 45.5 Å². The molecular weight excluding hydrogens is 441 g/mol. The molecule has 1 unspecified atom stereocenters. The van der Waals surface area contributed by atoms with E-state index in [-0.39, 0.29) is 42.8 Å². The zero-order chi connectivity index (χ0) is 20.2. The number of hydrogen-bond donors (Lipinski definition) is 2. The van der Waals surface area contributed by atoms with Crippen molar-refractivity contribution in [3.8, 4) is 0 Å². The highest BCUT2D eigenvalue weighted by Crippen LogP contribution is 2.28. The highest BCUT2D eigenvalue weighted by molar-refractivity contribution is 5.95. The van der Waals surface area contributed by atoms with Gasteiger partial charge in [-0.25, -0.2) is 4.79 Å². The fraction of sp³-hybridized carbons (Fsp3) is 0.619. The molecule has 0 spiro atoms. The molecule has 2 aromatic rings. The van der Waals surface area contributed by atoms with Crippen LogP contribution in [-0.4, -0.2) is 33.8 Å². The van der Waals surface area contributed by atoms with Crippen molar-refractivity contribution in [1.82, 2.24) is 25.4 Å². The van der Waals surface area contributed by atoms with Gasteiger partial charge in [-0.2, -0.15) is 0 Å². The first kappa shape index (κ1) is 25.4. The lowest BCUT2D eigenvalue weighted by molar-refractivity contribution is 0.0943. The van der Waals surface area contributed by atoms with Gasteiger partial charge in [0.25, 0.3) is 5.91 Å². The number of aromatic nitrogens is 3. The Morgan fingerprint density at radius 3 is 2.68 bits per heavy atom. The summed E-state index contributed by atoms with van der Waals surface area (Å²) in [5.74, 6) is 1.13. The van der Waals surface area contributed by atoms with Crippen LogP contribution < -0.4 is 16.3 Å². The summed E-state index contributed by atoms with van der Waals surface area (Å²) in [6.07, 6.45) is 9.68. The summed E-state index contributed by atoms with van der Waals surface area (Å²) in [5, 5.41) is 14.3. The summed E-state index contributed by atoms with van der Waals surface area (Å²) >= 11 is 0. The van der Waals surface area contributed by atoms with Crippen LogP contribution in [0.3, 0.4) is 0 Å². The lowest BCUT2D eigenvalue weighted by Gasteiger charge is -2.24. The third-order valence-corrected chi connectivity index (χ3v) is 6.12. The Kier molecular flexibility index (Phi) is 9.53. The van der Waals surface area contributed by atoms with E-state index < -0.39 is 11.5 Å². The molecule has 0 radical (unpaired) electrons. The molecule has 2 N–H and O–H groups in total. The van der Waals surface area contributed by atoms with Crippen LogP contribution >= 0.6 is 24.8 Å². The number of amides is 1. The van der Waals surface area contributed by atoms with Gasteiger partial charge in [-0.05, 0) is 50.8 Å². The molecule has 2 fully saturated rings. The summed E-state index contributed by atoms with van der Waals surface area (Å²) in [7, 11) is 0. The van der Waals surface area contributed by atoms with Crippen LogP contribution in [0.2, 0.25) is 0 Å². The van der Waals surface area contributed by atoms with Crippen molar-refractivity contribution < 1.29 is 9.21 Å². The van der Waals surface area contributed by atoms with Crippen LogP contribution in [0.1, 0.15) is 84.4 Å². The molecule has 1 aliphatic carbocycles. The smallest absolute Gasteiger partial charge is 0.349 e. The molecule has 172 valence electrons. The molecule has 0 aromatic carbocycles. The molecule has 0 bridgehead atoms. The van der Waals surface area contributed by atoms with Crippen LogP contribution in [0, 0.1) is 6.92 Å². The number of hydrogen-bond acceptors (Lipinski definition) is 6. The molecule has 1 saturated carbocycles. The van der Waals surface area contributed by atoms with Crippen molar-refractivity contribution in [3.63, 3.8) is 0 Å². The molecule has 31 heavy (non-hydrogen) atoms. The number of halogens is 2. The minimum atomic E-state index is -0.572.